The Hall–Kier alpha value is -0.820. The van der Waals surface area contributed by atoms with Gasteiger partial charge in [-0.05, 0) is 61.9 Å². The molecule has 0 aromatic heterocycles. The van der Waals surface area contributed by atoms with E-state index in [1.807, 2.05) is 0 Å². The first kappa shape index (κ1) is 16.2. The molecule has 0 aliphatic carbocycles. The Labute approximate surface area is 119 Å². The zero-order valence-electron chi connectivity index (χ0n) is 13.1. The Bertz CT molecular complexity index is 344. The van der Waals surface area contributed by atoms with Crippen molar-refractivity contribution in [1.82, 2.24) is 5.32 Å². The quantitative estimate of drug-likeness (QED) is 0.610. The lowest BCUT2D eigenvalue weighted by Gasteiger charge is -2.09. The molecule has 0 radical (unpaired) electrons. The molecule has 0 aliphatic rings. The number of unbranched alkanes of at least 4 members (excludes halogenated alkanes) is 3. The van der Waals surface area contributed by atoms with E-state index in [4.69, 9.17) is 0 Å². The highest BCUT2D eigenvalue weighted by Gasteiger charge is 2.01. The van der Waals surface area contributed by atoms with Crippen molar-refractivity contribution >= 4 is 0 Å². The van der Waals surface area contributed by atoms with Gasteiger partial charge in [0.15, 0.2) is 0 Å². The summed E-state index contributed by atoms with van der Waals surface area (Å²) >= 11 is 0. The van der Waals surface area contributed by atoms with E-state index >= 15 is 0 Å². The van der Waals surface area contributed by atoms with Crippen molar-refractivity contribution in [2.45, 2.75) is 65.7 Å². The van der Waals surface area contributed by atoms with E-state index in [9.17, 15) is 0 Å². The molecule has 0 saturated carbocycles. The zero-order valence-corrected chi connectivity index (χ0v) is 13.1. The normalized spacial score (nSPS) is 10.9. The van der Waals surface area contributed by atoms with E-state index in [0.29, 0.717) is 0 Å². The molecule has 1 heteroatoms. The number of rotatable bonds is 10. The summed E-state index contributed by atoms with van der Waals surface area (Å²) in [5, 5.41) is 3.38. The molecule has 1 nitrogen and oxygen atoms in total. The van der Waals surface area contributed by atoms with Gasteiger partial charge in [0.05, 0.1) is 0 Å². The number of hydrogen-bond donors (Lipinski definition) is 1. The molecule has 19 heavy (non-hydrogen) atoms. The van der Waals surface area contributed by atoms with E-state index < -0.39 is 0 Å². The molecule has 0 spiro atoms. The highest BCUT2D eigenvalue weighted by Crippen LogP contribution is 2.16. The van der Waals surface area contributed by atoms with Gasteiger partial charge in [0.1, 0.15) is 0 Å². The molecule has 0 aliphatic heterocycles. The maximum Gasteiger partial charge on any atom is -0.00490 e. The Morgan fingerprint density at radius 1 is 0.842 bits per heavy atom. The van der Waals surface area contributed by atoms with Crippen LogP contribution in [0.25, 0.3) is 0 Å². The molecule has 0 heterocycles. The summed E-state index contributed by atoms with van der Waals surface area (Å²) in [5.41, 5.74) is 4.60. The smallest absolute Gasteiger partial charge is 0.00490 e. The molecule has 0 amide bonds. The SMILES string of the molecule is CCNCCCCCCc1ccc(CC)c(CC)c1. The van der Waals surface area contributed by atoms with Crippen LogP contribution in [0.2, 0.25) is 0 Å². The number of nitrogens with one attached hydrogen (secondary N) is 1. The lowest BCUT2D eigenvalue weighted by atomic mass is 9.97. The van der Waals surface area contributed by atoms with Crippen LogP contribution in [0.1, 0.15) is 63.1 Å². The fourth-order valence-corrected chi connectivity index (χ4v) is 2.62. The maximum atomic E-state index is 3.38. The van der Waals surface area contributed by atoms with Crippen molar-refractivity contribution in [3.8, 4) is 0 Å². The number of benzene rings is 1. The van der Waals surface area contributed by atoms with Gasteiger partial charge in [-0.15, -0.1) is 0 Å². The molecule has 1 rings (SSSR count). The molecular formula is C18H31N. The predicted octanol–water partition coefficient (Wildman–Crippen LogP) is 4.52. The lowest BCUT2D eigenvalue weighted by molar-refractivity contribution is 0.598. The van der Waals surface area contributed by atoms with Crippen molar-refractivity contribution in [1.29, 1.82) is 0 Å². The zero-order chi connectivity index (χ0) is 13.9. The summed E-state index contributed by atoms with van der Waals surface area (Å²) in [5.74, 6) is 0. The first-order valence-corrected chi connectivity index (χ1v) is 8.13. The van der Waals surface area contributed by atoms with Crippen molar-refractivity contribution in [3.05, 3.63) is 34.9 Å². The Morgan fingerprint density at radius 2 is 1.58 bits per heavy atom. The topological polar surface area (TPSA) is 12.0 Å². The predicted molar refractivity (Wildman–Crippen MR) is 85.9 cm³/mol. The van der Waals surface area contributed by atoms with E-state index in [2.05, 4.69) is 44.3 Å². The highest BCUT2D eigenvalue weighted by molar-refractivity contribution is 5.32. The molecule has 0 bridgehead atoms. The van der Waals surface area contributed by atoms with Crippen molar-refractivity contribution in [2.24, 2.45) is 0 Å². The van der Waals surface area contributed by atoms with E-state index in [1.165, 1.54) is 56.2 Å². The van der Waals surface area contributed by atoms with Crippen LogP contribution in [-0.4, -0.2) is 13.1 Å². The van der Waals surface area contributed by atoms with Gasteiger partial charge in [-0.2, -0.15) is 0 Å². The van der Waals surface area contributed by atoms with Crippen LogP contribution in [-0.2, 0) is 19.3 Å². The number of aryl methyl sites for hydroxylation is 3. The molecule has 0 atom stereocenters. The van der Waals surface area contributed by atoms with Gasteiger partial charge in [0, 0.05) is 0 Å². The van der Waals surface area contributed by atoms with E-state index in [0.717, 1.165) is 13.0 Å². The largest absolute Gasteiger partial charge is 0.317 e. The van der Waals surface area contributed by atoms with Gasteiger partial charge in [-0.25, -0.2) is 0 Å². The van der Waals surface area contributed by atoms with Crippen molar-refractivity contribution < 1.29 is 0 Å². The van der Waals surface area contributed by atoms with Gasteiger partial charge in [-0.3, -0.25) is 0 Å². The van der Waals surface area contributed by atoms with Gasteiger partial charge in [0.25, 0.3) is 0 Å². The summed E-state index contributed by atoms with van der Waals surface area (Å²) in [6, 6.07) is 7.09. The summed E-state index contributed by atoms with van der Waals surface area (Å²) < 4.78 is 0. The van der Waals surface area contributed by atoms with E-state index in [-0.39, 0.29) is 0 Å². The standard InChI is InChI=1S/C18H31N/c1-4-17-13-12-16(15-18(17)5-2)11-9-7-8-10-14-19-6-3/h12-13,15,19H,4-11,14H2,1-3H3. The molecule has 0 fully saturated rings. The average Bonchev–Trinajstić information content (AvgIpc) is 2.46. The Kier molecular flexibility index (Phi) is 8.57. The first-order chi connectivity index (χ1) is 9.31. The lowest BCUT2D eigenvalue weighted by Crippen LogP contribution is -2.13. The monoisotopic (exact) mass is 261 g/mol. The first-order valence-electron chi connectivity index (χ1n) is 8.13. The molecular weight excluding hydrogens is 230 g/mol. The highest BCUT2D eigenvalue weighted by atomic mass is 14.8. The van der Waals surface area contributed by atoms with Crippen LogP contribution in [0.5, 0.6) is 0 Å². The van der Waals surface area contributed by atoms with Crippen molar-refractivity contribution in [3.63, 3.8) is 0 Å². The molecule has 0 saturated heterocycles. The van der Waals surface area contributed by atoms with Gasteiger partial charge < -0.3 is 5.32 Å². The second-order valence-electron chi connectivity index (χ2n) is 5.33. The van der Waals surface area contributed by atoms with Crippen LogP contribution >= 0.6 is 0 Å². The summed E-state index contributed by atoms with van der Waals surface area (Å²) in [7, 11) is 0. The minimum atomic E-state index is 1.10. The fraction of sp³-hybridized carbons (Fsp3) is 0.667. The van der Waals surface area contributed by atoms with Crippen LogP contribution in [0.4, 0.5) is 0 Å². The second-order valence-corrected chi connectivity index (χ2v) is 5.33. The van der Waals surface area contributed by atoms with Crippen LogP contribution < -0.4 is 5.32 Å². The molecule has 1 aromatic rings. The second kappa shape index (κ2) is 10.0. The maximum absolute atomic E-state index is 3.38. The van der Waals surface area contributed by atoms with Gasteiger partial charge in [0.2, 0.25) is 0 Å². The average molecular weight is 261 g/mol. The third-order valence-electron chi connectivity index (χ3n) is 3.85. The third-order valence-corrected chi connectivity index (χ3v) is 3.85. The Balaban J connectivity index is 2.26. The van der Waals surface area contributed by atoms with Crippen LogP contribution in [0.15, 0.2) is 18.2 Å². The Morgan fingerprint density at radius 3 is 2.26 bits per heavy atom. The summed E-state index contributed by atoms with van der Waals surface area (Å²) in [4.78, 5) is 0. The molecule has 1 N–H and O–H groups in total. The van der Waals surface area contributed by atoms with Gasteiger partial charge >= 0.3 is 0 Å². The van der Waals surface area contributed by atoms with Crippen LogP contribution in [0.3, 0.4) is 0 Å². The molecule has 1 aromatic carbocycles. The molecule has 108 valence electrons. The minimum absolute atomic E-state index is 1.10. The number of hydrogen-bond acceptors (Lipinski definition) is 1. The third kappa shape index (κ3) is 6.24. The van der Waals surface area contributed by atoms with E-state index in [1.54, 1.807) is 5.56 Å². The fourth-order valence-electron chi connectivity index (χ4n) is 2.62. The van der Waals surface area contributed by atoms with Crippen molar-refractivity contribution in [2.75, 3.05) is 13.1 Å². The summed E-state index contributed by atoms with van der Waals surface area (Å²) in [6.07, 6.45) is 8.96. The minimum Gasteiger partial charge on any atom is -0.317 e. The van der Waals surface area contributed by atoms with Crippen LogP contribution in [0, 0.1) is 0 Å². The van der Waals surface area contributed by atoms with Gasteiger partial charge in [-0.1, -0.05) is 51.8 Å². The summed E-state index contributed by atoms with van der Waals surface area (Å²) in [6.45, 7) is 8.97. The molecule has 0 unspecified atom stereocenters.